The summed E-state index contributed by atoms with van der Waals surface area (Å²) < 4.78 is 5.61. The van der Waals surface area contributed by atoms with Gasteiger partial charge in [-0.15, -0.1) is 0 Å². The number of benzene rings is 3. The van der Waals surface area contributed by atoms with Crippen LogP contribution in [0.4, 0.5) is 17.2 Å². The standard InChI is InChI=1S/C33H31N3O2/c1-20(2)23-12-16-30(37)32-24(23)11-15-27(35-32)21-9-13-25-28(18-21)36(31-8-6-7-17-34-31)29-19-22(38-5)10-14-26(29)33(25,3)4/h6-20,37H,1-5H3. The molecule has 1 N–H and O–H groups in total. The molecule has 0 saturated carbocycles. The molecule has 1 aliphatic heterocycles. The fourth-order valence-electron chi connectivity index (χ4n) is 5.65. The Morgan fingerprint density at radius 2 is 1.63 bits per heavy atom. The van der Waals surface area contributed by atoms with Gasteiger partial charge in [0.2, 0.25) is 0 Å². The third-order valence-electron chi connectivity index (χ3n) is 7.70. The van der Waals surface area contributed by atoms with E-state index < -0.39 is 0 Å². The highest BCUT2D eigenvalue weighted by Gasteiger charge is 2.37. The number of aromatic hydroxyl groups is 1. The predicted octanol–water partition coefficient (Wildman–Crippen LogP) is 8.24. The summed E-state index contributed by atoms with van der Waals surface area (Å²) in [6.45, 7) is 8.83. The minimum absolute atomic E-state index is 0.196. The number of ether oxygens (including phenoxy) is 1. The molecule has 0 amide bonds. The van der Waals surface area contributed by atoms with Crippen LogP contribution in [0.15, 0.2) is 85.1 Å². The van der Waals surface area contributed by atoms with Crippen LogP contribution in [0, 0.1) is 0 Å². The normalized spacial score (nSPS) is 13.9. The van der Waals surface area contributed by atoms with E-state index in [9.17, 15) is 5.11 Å². The minimum atomic E-state index is -0.234. The monoisotopic (exact) mass is 501 g/mol. The van der Waals surface area contributed by atoms with Crippen LogP contribution in [0.2, 0.25) is 0 Å². The summed E-state index contributed by atoms with van der Waals surface area (Å²) in [5.41, 5.74) is 7.86. The van der Waals surface area contributed by atoms with E-state index >= 15 is 0 Å². The number of fused-ring (bicyclic) bond motifs is 3. The fraction of sp³-hybridized carbons (Fsp3) is 0.212. The summed E-state index contributed by atoms with van der Waals surface area (Å²) in [4.78, 5) is 11.9. The molecular formula is C33H31N3O2. The molecule has 0 aliphatic carbocycles. The zero-order valence-corrected chi connectivity index (χ0v) is 22.4. The largest absolute Gasteiger partial charge is 0.506 e. The molecule has 0 fully saturated rings. The Morgan fingerprint density at radius 1 is 0.868 bits per heavy atom. The molecule has 3 heterocycles. The van der Waals surface area contributed by atoms with Gasteiger partial charge >= 0.3 is 0 Å². The van der Waals surface area contributed by atoms with Crippen molar-refractivity contribution in [3.8, 4) is 22.8 Å². The summed E-state index contributed by atoms with van der Waals surface area (Å²) >= 11 is 0. The van der Waals surface area contributed by atoms with Crippen molar-refractivity contribution in [2.45, 2.75) is 39.0 Å². The van der Waals surface area contributed by atoms with Crippen LogP contribution >= 0.6 is 0 Å². The second kappa shape index (κ2) is 8.88. The molecule has 0 radical (unpaired) electrons. The number of rotatable bonds is 4. The number of anilines is 3. The lowest BCUT2D eigenvalue weighted by Gasteiger charge is -2.41. The maximum absolute atomic E-state index is 10.7. The first kappa shape index (κ1) is 24.0. The van der Waals surface area contributed by atoms with Gasteiger partial charge in [-0.1, -0.05) is 64.1 Å². The van der Waals surface area contributed by atoms with E-state index in [4.69, 9.17) is 14.7 Å². The molecule has 5 aromatic rings. The topological polar surface area (TPSA) is 58.5 Å². The summed E-state index contributed by atoms with van der Waals surface area (Å²) in [6, 6.07) is 26.6. The Kier molecular flexibility index (Phi) is 5.60. The number of pyridine rings is 2. The van der Waals surface area contributed by atoms with Crippen LogP contribution in [0.5, 0.6) is 11.5 Å². The molecule has 2 aromatic heterocycles. The Morgan fingerprint density at radius 3 is 2.34 bits per heavy atom. The van der Waals surface area contributed by atoms with Gasteiger partial charge in [-0.2, -0.15) is 0 Å². The van der Waals surface area contributed by atoms with E-state index in [1.807, 2.05) is 42.6 Å². The highest BCUT2D eigenvalue weighted by atomic mass is 16.5. The van der Waals surface area contributed by atoms with Crippen molar-refractivity contribution in [1.29, 1.82) is 0 Å². The Balaban J connectivity index is 1.58. The molecule has 5 nitrogen and oxygen atoms in total. The SMILES string of the molecule is COc1ccc2c(c1)N(c1ccccn1)c1cc(-c3ccc4c(C(C)C)ccc(O)c4n3)ccc1C2(C)C. The lowest BCUT2D eigenvalue weighted by molar-refractivity contribution is 0.414. The van der Waals surface area contributed by atoms with Gasteiger partial charge in [-0.05, 0) is 59.0 Å². The Labute approximate surface area is 223 Å². The Hall–Kier alpha value is -4.38. The molecule has 3 aromatic carbocycles. The third-order valence-corrected chi connectivity index (χ3v) is 7.70. The van der Waals surface area contributed by atoms with Gasteiger partial charge in [-0.3, -0.25) is 4.90 Å². The quantitative estimate of drug-likeness (QED) is 0.269. The van der Waals surface area contributed by atoms with E-state index in [0.717, 1.165) is 39.6 Å². The zero-order valence-electron chi connectivity index (χ0n) is 22.4. The first-order valence-corrected chi connectivity index (χ1v) is 13.0. The number of phenolic OH excluding ortho intramolecular Hbond substituents is 1. The second-order valence-corrected chi connectivity index (χ2v) is 10.7. The number of hydrogen-bond donors (Lipinski definition) is 1. The number of nitrogens with zero attached hydrogens (tertiary/aromatic N) is 3. The van der Waals surface area contributed by atoms with Crippen molar-refractivity contribution < 1.29 is 9.84 Å². The lowest BCUT2D eigenvalue weighted by atomic mass is 9.73. The molecule has 6 rings (SSSR count). The van der Waals surface area contributed by atoms with Crippen LogP contribution in [-0.4, -0.2) is 22.2 Å². The average Bonchev–Trinajstić information content (AvgIpc) is 2.93. The molecule has 38 heavy (non-hydrogen) atoms. The van der Waals surface area contributed by atoms with E-state index in [1.165, 1.54) is 16.7 Å². The van der Waals surface area contributed by atoms with Crippen molar-refractivity contribution in [3.63, 3.8) is 0 Å². The summed E-state index contributed by atoms with van der Waals surface area (Å²) in [7, 11) is 1.69. The van der Waals surface area contributed by atoms with Crippen molar-refractivity contribution in [1.82, 2.24) is 9.97 Å². The molecule has 0 bridgehead atoms. The Bertz CT molecular complexity index is 1680. The van der Waals surface area contributed by atoms with Gasteiger partial charge < -0.3 is 9.84 Å². The first-order chi connectivity index (χ1) is 18.3. The lowest BCUT2D eigenvalue weighted by Crippen LogP contribution is -2.31. The molecule has 190 valence electrons. The third kappa shape index (κ3) is 3.69. The van der Waals surface area contributed by atoms with E-state index in [1.54, 1.807) is 13.2 Å². The van der Waals surface area contributed by atoms with Gasteiger partial charge in [0.25, 0.3) is 0 Å². The summed E-state index contributed by atoms with van der Waals surface area (Å²) in [5, 5.41) is 11.7. The smallest absolute Gasteiger partial charge is 0.141 e. The number of hydrogen-bond acceptors (Lipinski definition) is 5. The van der Waals surface area contributed by atoms with Crippen molar-refractivity contribution in [3.05, 3.63) is 102 Å². The molecular weight excluding hydrogens is 470 g/mol. The van der Waals surface area contributed by atoms with Crippen LogP contribution in [0.3, 0.4) is 0 Å². The van der Waals surface area contributed by atoms with Gasteiger partial charge in [0, 0.05) is 28.6 Å². The van der Waals surface area contributed by atoms with Gasteiger partial charge in [0.1, 0.15) is 22.8 Å². The minimum Gasteiger partial charge on any atom is -0.506 e. The van der Waals surface area contributed by atoms with Gasteiger partial charge in [0.05, 0.1) is 24.2 Å². The van der Waals surface area contributed by atoms with E-state index in [0.29, 0.717) is 11.4 Å². The van der Waals surface area contributed by atoms with Crippen LogP contribution < -0.4 is 9.64 Å². The van der Waals surface area contributed by atoms with Crippen LogP contribution in [-0.2, 0) is 5.41 Å². The molecule has 0 unspecified atom stereocenters. The van der Waals surface area contributed by atoms with Gasteiger partial charge in [0.15, 0.2) is 0 Å². The molecule has 1 aliphatic rings. The summed E-state index contributed by atoms with van der Waals surface area (Å²) in [5.74, 6) is 2.16. The van der Waals surface area contributed by atoms with Crippen LogP contribution in [0.25, 0.3) is 22.2 Å². The molecule has 0 spiro atoms. The number of aromatic nitrogens is 2. The maximum atomic E-state index is 10.7. The number of phenols is 1. The molecule has 5 heteroatoms. The highest BCUT2D eigenvalue weighted by molar-refractivity contribution is 5.91. The predicted molar refractivity (Wildman–Crippen MR) is 154 cm³/mol. The summed E-state index contributed by atoms with van der Waals surface area (Å²) in [6.07, 6.45) is 1.82. The highest BCUT2D eigenvalue weighted by Crippen LogP contribution is 2.53. The van der Waals surface area contributed by atoms with Crippen molar-refractivity contribution >= 4 is 28.1 Å². The zero-order chi connectivity index (χ0) is 26.6. The average molecular weight is 502 g/mol. The first-order valence-electron chi connectivity index (χ1n) is 13.0. The second-order valence-electron chi connectivity index (χ2n) is 10.7. The maximum Gasteiger partial charge on any atom is 0.141 e. The van der Waals surface area contributed by atoms with E-state index in [2.05, 4.69) is 69.0 Å². The fourth-order valence-corrected chi connectivity index (χ4v) is 5.65. The number of methoxy groups -OCH3 is 1. The van der Waals surface area contributed by atoms with Crippen molar-refractivity contribution in [2.75, 3.05) is 12.0 Å². The molecule has 0 atom stereocenters. The molecule has 0 saturated heterocycles. The van der Waals surface area contributed by atoms with Crippen molar-refractivity contribution in [2.24, 2.45) is 0 Å². The van der Waals surface area contributed by atoms with Gasteiger partial charge in [-0.25, -0.2) is 9.97 Å². The van der Waals surface area contributed by atoms with E-state index in [-0.39, 0.29) is 11.2 Å². The van der Waals surface area contributed by atoms with Crippen LogP contribution in [0.1, 0.15) is 50.3 Å².